The van der Waals surface area contributed by atoms with E-state index in [4.69, 9.17) is 4.74 Å². The number of hydrogen-bond acceptors (Lipinski definition) is 3. The zero-order valence-corrected chi connectivity index (χ0v) is 12.4. The summed E-state index contributed by atoms with van der Waals surface area (Å²) in [5.74, 6) is 0.535. The van der Waals surface area contributed by atoms with Crippen molar-refractivity contribution >= 4 is 11.6 Å². The highest BCUT2D eigenvalue weighted by atomic mass is 16.5. The summed E-state index contributed by atoms with van der Waals surface area (Å²) < 4.78 is 5.17. The van der Waals surface area contributed by atoms with Gasteiger partial charge >= 0.3 is 0 Å². The molecule has 0 spiro atoms. The first kappa shape index (κ1) is 14.8. The van der Waals surface area contributed by atoms with Crippen molar-refractivity contribution < 1.29 is 9.53 Å². The maximum atomic E-state index is 12.0. The van der Waals surface area contributed by atoms with Gasteiger partial charge in [0.25, 0.3) is 5.91 Å². The van der Waals surface area contributed by atoms with Gasteiger partial charge in [-0.25, -0.2) is 5.43 Å². The van der Waals surface area contributed by atoms with E-state index in [1.54, 1.807) is 13.2 Å². The summed E-state index contributed by atoms with van der Waals surface area (Å²) in [7, 11) is 1.62. The van der Waals surface area contributed by atoms with E-state index in [0.717, 1.165) is 22.6 Å². The van der Waals surface area contributed by atoms with Crippen LogP contribution in [0.25, 0.3) is 0 Å². The third-order valence-electron chi connectivity index (χ3n) is 3.09. The number of nitrogens with zero attached hydrogens (tertiary/aromatic N) is 1. The molecule has 108 valence electrons. The highest BCUT2D eigenvalue weighted by Crippen LogP contribution is 2.13. The predicted molar refractivity (Wildman–Crippen MR) is 83.9 cm³/mol. The molecule has 2 aromatic carbocycles. The van der Waals surface area contributed by atoms with Gasteiger partial charge < -0.3 is 4.74 Å². The summed E-state index contributed by atoms with van der Waals surface area (Å²) >= 11 is 0. The van der Waals surface area contributed by atoms with Crippen molar-refractivity contribution in [3.63, 3.8) is 0 Å². The number of hydrogen-bond donors (Lipinski definition) is 1. The number of amides is 1. The van der Waals surface area contributed by atoms with Crippen LogP contribution in [0.3, 0.4) is 0 Å². The van der Waals surface area contributed by atoms with Crippen LogP contribution >= 0.6 is 0 Å². The van der Waals surface area contributed by atoms with Crippen molar-refractivity contribution in [3.05, 3.63) is 65.2 Å². The average molecular weight is 282 g/mol. The summed E-state index contributed by atoms with van der Waals surface area (Å²) in [5, 5.41) is 4.14. The molecule has 4 heteroatoms. The minimum absolute atomic E-state index is 0.221. The van der Waals surface area contributed by atoms with Crippen molar-refractivity contribution in [2.24, 2.45) is 5.10 Å². The number of ether oxygens (including phenoxy) is 1. The molecule has 0 aliphatic heterocycles. The molecule has 0 aromatic heterocycles. The Kier molecular flexibility index (Phi) is 4.72. The predicted octanol–water partition coefficient (Wildman–Crippen LogP) is 3.16. The standard InChI is InChI=1S/C17H18N2O2/c1-12-6-4-8-15(10-12)17(20)19-18-13(2)14-7-5-9-16(11-14)21-3/h4-11H,1-3H3,(H,19,20)/b18-13+. The van der Waals surface area contributed by atoms with Crippen LogP contribution < -0.4 is 10.2 Å². The molecule has 2 rings (SSSR count). The lowest BCUT2D eigenvalue weighted by molar-refractivity contribution is 0.0954. The molecule has 0 saturated heterocycles. The number of carbonyl (C=O) groups excluding carboxylic acids is 1. The van der Waals surface area contributed by atoms with Crippen LogP contribution in [0.5, 0.6) is 5.75 Å². The van der Waals surface area contributed by atoms with Crippen LogP contribution in [-0.4, -0.2) is 18.7 Å². The van der Waals surface area contributed by atoms with Crippen molar-refractivity contribution in [2.45, 2.75) is 13.8 Å². The van der Waals surface area contributed by atoms with E-state index in [2.05, 4.69) is 10.5 Å². The van der Waals surface area contributed by atoms with E-state index in [1.807, 2.05) is 56.3 Å². The largest absolute Gasteiger partial charge is 0.497 e. The van der Waals surface area contributed by atoms with E-state index in [0.29, 0.717) is 5.56 Å². The van der Waals surface area contributed by atoms with E-state index in [-0.39, 0.29) is 5.91 Å². The Morgan fingerprint density at radius 1 is 1.10 bits per heavy atom. The minimum atomic E-state index is -0.221. The molecule has 0 bridgehead atoms. The van der Waals surface area contributed by atoms with Crippen LogP contribution in [0, 0.1) is 6.92 Å². The van der Waals surface area contributed by atoms with Crippen LogP contribution in [0.1, 0.15) is 28.4 Å². The Morgan fingerprint density at radius 3 is 2.52 bits per heavy atom. The van der Waals surface area contributed by atoms with Crippen LogP contribution in [0.15, 0.2) is 53.6 Å². The van der Waals surface area contributed by atoms with E-state index < -0.39 is 0 Å². The lowest BCUT2D eigenvalue weighted by Gasteiger charge is -2.05. The first-order valence-corrected chi connectivity index (χ1v) is 6.66. The monoisotopic (exact) mass is 282 g/mol. The van der Waals surface area contributed by atoms with Gasteiger partial charge in [-0.05, 0) is 38.1 Å². The molecular weight excluding hydrogens is 264 g/mol. The average Bonchev–Trinajstić information content (AvgIpc) is 2.52. The SMILES string of the molecule is COc1cccc(/C(C)=N/NC(=O)c2cccc(C)c2)c1. The molecule has 1 N–H and O–H groups in total. The molecule has 2 aromatic rings. The van der Waals surface area contributed by atoms with Gasteiger partial charge in [0.05, 0.1) is 12.8 Å². The topological polar surface area (TPSA) is 50.7 Å². The lowest BCUT2D eigenvalue weighted by atomic mass is 10.1. The van der Waals surface area contributed by atoms with E-state index >= 15 is 0 Å². The van der Waals surface area contributed by atoms with Gasteiger partial charge in [-0.15, -0.1) is 0 Å². The van der Waals surface area contributed by atoms with E-state index in [9.17, 15) is 4.79 Å². The van der Waals surface area contributed by atoms with Crippen molar-refractivity contribution in [3.8, 4) is 5.75 Å². The number of nitrogens with one attached hydrogen (secondary N) is 1. The Morgan fingerprint density at radius 2 is 1.81 bits per heavy atom. The molecule has 0 saturated carbocycles. The first-order chi connectivity index (χ1) is 10.1. The quantitative estimate of drug-likeness (QED) is 0.691. The van der Waals surface area contributed by atoms with Crippen molar-refractivity contribution in [1.82, 2.24) is 5.43 Å². The summed E-state index contributed by atoms with van der Waals surface area (Å²) in [6.07, 6.45) is 0. The highest BCUT2D eigenvalue weighted by Gasteiger charge is 2.05. The maximum absolute atomic E-state index is 12.0. The van der Waals surface area contributed by atoms with Gasteiger partial charge in [0.2, 0.25) is 0 Å². The fourth-order valence-corrected chi connectivity index (χ4v) is 1.90. The third-order valence-corrected chi connectivity index (χ3v) is 3.09. The summed E-state index contributed by atoms with van der Waals surface area (Å²) in [4.78, 5) is 12.0. The number of methoxy groups -OCH3 is 1. The molecule has 4 nitrogen and oxygen atoms in total. The van der Waals surface area contributed by atoms with Gasteiger partial charge in [-0.2, -0.15) is 5.10 Å². The number of carbonyl (C=O) groups is 1. The zero-order valence-electron chi connectivity index (χ0n) is 12.4. The van der Waals surface area contributed by atoms with Gasteiger partial charge in [0, 0.05) is 11.1 Å². The van der Waals surface area contributed by atoms with Gasteiger partial charge in [0.15, 0.2) is 0 Å². The fourth-order valence-electron chi connectivity index (χ4n) is 1.90. The molecule has 0 atom stereocenters. The lowest BCUT2D eigenvalue weighted by Crippen LogP contribution is -2.19. The second-order valence-corrected chi connectivity index (χ2v) is 4.74. The van der Waals surface area contributed by atoms with E-state index in [1.165, 1.54) is 0 Å². The molecule has 0 unspecified atom stereocenters. The maximum Gasteiger partial charge on any atom is 0.271 e. The summed E-state index contributed by atoms with van der Waals surface area (Å²) in [6, 6.07) is 14.9. The number of aryl methyl sites for hydroxylation is 1. The Labute approximate surface area is 124 Å². The number of hydrazone groups is 1. The second kappa shape index (κ2) is 6.70. The number of rotatable bonds is 4. The zero-order chi connectivity index (χ0) is 15.2. The smallest absolute Gasteiger partial charge is 0.271 e. The fraction of sp³-hybridized carbons (Fsp3) is 0.176. The molecule has 0 aliphatic carbocycles. The van der Waals surface area contributed by atoms with Crippen LogP contribution in [-0.2, 0) is 0 Å². The van der Waals surface area contributed by atoms with Crippen LogP contribution in [0.4, 0.5) is 0 Å². The first-order valence-electron chi connectivity index (χ1n) is 6.66. The molecule has 1 amide bonds. The van der Waals surface area contributed by atoms with Crippen LogP contribution in [0.2, 0.25) is 0 Å². The second-order valence-electron chi connectivity index (χ2n) is 4.74. The Bertz CT molecular complexity index is 678. The third kappa shape index (κ3) is 3.92. The Balaban J connectivity index is 2.11. The summed E-state index contributed by atoms with van der Waals surface area (Å²) in [6.45, 7) is 3.78. The normalized spacial score (nSPS) is 11.1. The van der Waals surface area contributed by atoms with Crippen molar-refractivity contribution in [1.29, 1.82) is 0 Å². The van der Waals surface area contributed by atoms with Gasteiger partial charge in [-0.1, -0.05) is 29.8 Å². The molecular formula is C17H18N2O2. The molecule has 0 heterocycles. The molecule has 0 radical (unpaired) electrons. The highest BCUT2D eigenvalue weighted by molar-refractivity contribution is 6.01. The Hall–Kier alpha value is -2.62. The molecule has 0 fully saturated rings. The summed E-state index contributed by atoms with van der Waals surface area (Å²) in [5.41, 5.74) is 5.82. The van der Waals surface area contributed by atoms with Crippen molar-refractivity contribution in [2.75, 3.05) is 7.11 Å². The van der Waals surface area contributed by atoms with Gasteiger partial charge in [-0.3, -0.25) is 4.79 Å². The molecule has 0 aliphatic rings. The minimum Gasteiger partial charge on any atom is -0.497 e. The molecule has 21 heavy (non-hydrogen) atoms. The van der Waals surface area contributed by atoms with Gasteiger partial charge in [0.1, 0.15) is 5.75 Å². The number of benzene rings is 2.